The van der Waals surface area contributed by atoms with Crippen molar-refractivity contribution in [3.05, 3.63) is 60.3 Å². The molecule has 3 rings (SSSR count). The topological polar surface area (TPSA) is 58.9 Å². The molecular formula is C16H13N3O. The number of hydrogen-bond acceptors (Lipinski definition) is 4. The number of aromatic nitrogens is 3. The van der Waals surface area contributed by atoms with E-state index in [1.807, 2.05) is 43.3 Å². The highest BCUT2D eigenvalue weighted by Crippen LogP contribution is 2.27. The summed E-state index contributed by atoms with van der Waals surface area (Å²) >= 11 is 0. The van der Waals surface area contributed by atoms with Gasteiger partial charge in [-0.2, -0.15) is 0 Å². The van der Waals surface area contributed by atoms with E-state index in [0.29, 0.717) is 11.4 Å². The van der Waals surface area contributed by atoms with Gasteiger partial charge in [-0.15, -0.1) is 10.2 Å². The van der Waals surface area contributed by atoms with Crippen LogP contribution in [-0.4, -0.2) is 20.3 Å². The first-order valence-electron chi connectivity index (χ1n) is 6.31. The van der Waals surface area contributed by atoms with Gasteiger partial charge in [-0.05, 0) is 19.1 Å². The maximum absolute atomic E-state index is 9.83. The monoisotopic (exact) mass is 263 g/mol. The van der Waals surface area contributed by atoms with E-state index in [9.17, 15) is 5.11 Å². The van der Waals surface area contributed by atoms with E-state index in [0.717, 1.165) is 17.0 Å². The summed E-state index contributed by atoms with van der Waals surface area (Å²) in [6.07, 6.45) is 0. The minimum Gasteiger partial charge on any atom is -0.507 e. The Kier molecular flexibility index (Phi) is 3.13. The van der Waals surface area contributed by atoms with E-state index in [-0.39, 0.29) is 5.75 Å². The van der Waals surface area contributed by atoms with Crippen LogP contribution in [0, 0.1) is 6.92 Å². The summed E-state index contributed by atoms with van der Waals surface area (Å²) in [5.41, 5.74) is 3.10. The summed E-state index contributed by atoms with van der Waals surface area (Å²) in [5.74, 6) is 0.585. The van der Waals surface area contributed by atoms with Crippen molar-refractivity contribution in [1.29, 1.82) is 0 Å². The van der Waals surface area contributed by atoms with Gasteiger partial charge in [0.2, 0.25) is 0 Å². The molecule has 4 heteroatoms. The molecule has 0 aliphatic rings. The van der Waals surface area contributed by atoms with Crippen LogP contribution >= 0.6 is 0 Å². The maximum atomic E-state index is 9.83. The molecule has 0 saturated carbocycles. The number of aryl methyl sites for hydroxylation is 1. The summed E-state index contributed by atoms with van der Waals surface area (Å²) < 4.78 is 0. The van der Waals surface area contributed by atoms with Crippen molar-refractivity contribution in [2.24, 2.45) is 0 Å². The number of phenols is 1. The number of nitrogens with zero attached hydrogens (tertiary/aromatic N) is 3. The lowest BCUT2D eigenvalue weighted by molar-refractivity contribution is 0.476. The molecule has 1 heterocycles. The summed E-state index contributed by atoms with van der Waals surface area (Å²) in [6, 6.07) is 16.8. The Morgan fingerprint density at radius 2 is 1.55 bits per heavy atom. The van der Waals surface area contributed by atoms with E-state index in [1.165, 1.54) is 0 Å². The second-order valence-corrected chi connectivity index (χ2v) is 4.45. The zero-order valence-electron chi connectivity index (χ0n) is 11.0. The molecule has 4 nitrogen and oxygen atoms in total. The largest absolute Gasteiger partial charge is 0.507 e. The molecule has 20 heavy (non-hydrogen) atoms. The lowest BCUT2D eigenvalue weighted by Crippen LogP contribution is -1.99. The fraction of sp³-hybridized carbons (Fsp3) is 0.0625. The van der Waals surface area contributed by atoms with Crippen LogP contribution in [0.3, 0.4) is 0 Å². The SMILES string of the molecule is Cc1nc(-c2ccccc2O)nnc1-c1ccccc1. The second kappa shape index (κ2) is 5.09. The van der Waals surface area contributed by atoms with Crippen molar-refractivity contribution in [2.45, 2.75) is 6.92 Å². The molecular weight excluding hydrogens is 250 g/mol. The number of aromatic hydroxyl groups is 1. The number of para-hydroxylation sites is 1. The highest BCUT2D eigenvalue weighted by Gasteiger charge is 2.11. The van der Waals surface area contributed by atoms with Crippen LogP contribution in [0.2, 0.25) is 0 Å². The van der Waals surface area contributed by atoms with Crippen LogP contribution in [0.1, 0.15) is 5.69 Å². The molecule has 0 spiro atoms. The average molecular weight is 263 g/mol. The van der Waals surface area contributed by atoms with Crippen LogP contribution in [0.5, 0.6) is 5.75 Å². The summed E-state index contributed by atoms with van der Waals surface area (Å²) in [6.45, 7) is 1.89. The van der Waals surface area contributed by atoms with Crippen molar-refractivity contribution < 1.29 is 5.11 Å². The van der Waals surface area contributed by atoms with Gasteiger partial charge >= 0.3 is 0 Å². The first kappa shape index (κ1) is 12.3. The van der Waals surface area contributed by atoms with Gasteiger partial charge in [0, 0.05) is 5.56 Å². The third-order valence-corrected chi connectivity index (χ3v) is 3.05. The lowest BCUT2D eigenvalue weighted by Gasteiger charge is -2.06. The number of hydrogen-bond donors (Lipinski definition) is 1. The van der Waals surface area contributed by atoms with Crippen LogP contribution in [0.25, 0.3) is 22.6 Å². The fourth-order valence-electron chi connectivity index (χ4n) is 2.04. The van der Waals surface area contributed by atoms with Crippen LogP contribution in [0.15, 0.2) is 54.6 Å². The van der Waals surface area contributed by atoms with E-state index in [1.54, 1.807) is 18.2 Å². The quantitative estimate of drug-likeness (QED) is 0.771. The molecule has 0 radical (unpaired) electrons. The second-order valence-electron chi connectivity index (χ2n) is 4.45. The molecule has 0 unspecified atom stereocenters. The number of phenolic OH excluding ortho intramolecular Hbond substituents is 1. The molecule has 0 amide bonds. The molecule has 0 saturated heterocycles. The Labute approximate surface area is 116 Å². The van der Waals surface area contributed by atoms with Gasteiger partial charge in [-0.25, -0.2) is 4.98 Å². The van der Waals surface area contributed by atoms with Gasteiger partial charge in [0.1, 0.15) is 11.4 Å². The number of rotatable bonds is 2. The van der Waals surface area contributed by atoms with Crippen LogP contribution in [-0.2, 0) is 0 Å². The molecule has 0 atom stereocenters. The van der Waals surface area contributed by atoms with Crippen molar-refractivity contribution in [3.8, 4) is 28.4 Å². The van der Waals surface area contributed by atoms with Gasteiger partial charge in [0.05, 0.1) is 11.3 Å². The molecule has 98 valence electrons. The smallest absolute Gasteiger partial charge is 0.185 e. The zero-order chi connectivity index (χ0) is 13.9. The number of benzene rings is 2. The molecule has 0 aliphatic carbocycles. The van der Waals surface area contributed by atoms with Gasteiger partial charge in [0.25, 0.3) is 0 Å². The molecule has 1 aromatic heterocycles. The minimum absolute atomic E-state index is 0.154. The Bertz CT molecular complexity index is 742. The molecule has 0 fully saturated rings. The maximum Gasteiger partial charge on any atom is 0.185 e. The first-order valence-corrected chi connectivity index (χ1v) is 6.31. The standard InChI is InChI=1S/C16H13N3O/c1-11-15(12-7-3-2-4-8-12)18-19-16(17-11)13-9-5-6-10-14(13)20/h2-10,20H,1H3. The molecule has 0 aliphatic heterocycles. The van der Waals surface area contributed by atoms with E-state index < -0.39 is 0 Å². The van der Waals surface area contributed by atoms with E-state index >= 15 is 0 Å². The molecule has 2 aromatic carbocycles. The van der Waals surface area contributed by atoms with Gasteiger partial charge in [-0.3, -0.25) is 0 Å². The van der Waals surface area contributed by atoms with Crippen molar-refractivity contribution in [1.82, 2.24) is 15.2 Å². The lowest BCUT2D eigenvalue weighted by atomic mass is 10.1. The highest BCUT2D eigenvalue weighted by molar-refractivity contribution is 5.66. The summed E-state index contributed by atoms with van der Waals surface area (Å²) in [7, 11) is 0. The molecule has 1 N–H and O–H groups in total. The average Bonchev–Trinajstić information content (AvgIpc) is 2.48. The van der Waals surface area contributed by atoms with E-state index in [4.69, 9.17) is 0 Å². The Morgan fingerprint density at radius 1 is 0.850 bits per heavy atom. The zero-order valence-corrected chi connectivity index (χ0v) is 11.0. The van der Waals surface area contributed by atoms with Gasteiger partial charge < -0.3 is 5.11 Å². The van der Waals surface area contributed by atoms with Crippen LogP contribution < -0.4 is 0 Å². The third kappa shape index (κ3) is 2.23. The summed E-state index contributed by atoms with van der Waals surface area (Å²) in [4.78, 5) is 4.45. The van der Waals surface area contributed by atoms with Crippen LogP contribution in [0.4, 0.5) is 0 Å². The van der Waals surface area contributed by atoms with Gasteiger partial charge in [0.15, 0.2) is 5.82 Å². The highest BCUT2D eigenvalue weighted by atomic mass is 16.3. The minimum atomic E-state index is 0.154. The van der Waals surface area contributed by atoms with Gasteiger partial charge in [-0.1, -0.05) is 42.5 Å². The predicted octanol–water partition coefficient (Wildman–Crippen LogP) is 3.22. The Morgan fingerprint density at radius 3 is 2.25 bits per heavy atom. The predicted molar refractivity (Wildman–Crippen MR) is 77.1 cm³/mol. The van der Waals surface area contributed by atoms with Crippen molar-refractivity contribution in [3.63, 3.8) is 0 Å². The fourth-order valence-corrected chi connectivity index (χ4v) is 2.04. The molecule has 0 bridgehead atoms. The Hall–Kier alpha value is -2.75. The van der Waals surface area contributed by atoms with E-state index in [2.05, 4.69) is 15.2 Å². The third-order valence-electron chi connectivity index (χ3n) is 3.05. The molecule has 3 aromatic rings. The van der Waals surface area contributed by atoms with Crippen molar-refractivity contribution in [2.75, 3.05) is 0 Å². The Balaban J connectivity index is 2.07. The normalized spacial score (nSPS) is 10.4. The first-order chi connectivity index (χ1) is 9.75. The van der Waals surface area contributed by atoms with Crippen molar-refractivity contribution >= 4 is 0 Å². The summed E-state index contributed by atoms with van der Waals surface area (Å²) in [5, 5.41) is 18.2.